The topological polar surface area (TPSA) is 47.7 Å². The number of hydrogen-bond donors (Lipinski definition) is 1. The number of hydrogen-bond acceptors (Lipinski definition) is 3. The minimum Gasteiger partial charge on any atom is -0.349 e. The molecule has 3 aromatic rings. The quantitative estimate of drug-likeness (QED) is 0.801. The van der Waals surface area contributed by atoms with Crippen molar-refractivity contribution in [3.05, 3.63) is 40.3 Å². The Morgan fingerprint density at radius 3 is 2.55 bits per heavy atom. The largest absolute Gasteiger partial charge is 0.349 e. The van der Waals surface area contributed by atoms with Gasteiger partial charge in [0.25, 0.3) is 0 Å². The predicted octanol–water partition coefficient (Wildman–Crippen LogP) is 2.99. The maximum atomic E-state index is 4.12. The molecule has 0 fully saturated rings. The van der Waals surface area contributed by atoms with Crippen molar-refractivity contribution >= 4 is 32.8 Å². The van der Waals surface area contributed by atoms with Crippen LogP contribution in [-0.4, -0.2) is 19.3 Å². The molecule has 20 heavy (non-hydrogen) atoms. The van der Waals surface area contributed by atoms with Gasteiger partial charge in [0.1, 0.15) is 5.82 Å². The van der Waals surface area contributed by atoms with Crippen LogP contribution in [0.4, 0.5) is 5.95 Å². The van der Waals surface area contributed by atoms with Gasteiger partial charge in [0.05, 0.1) is 12.2 Å². The van der Waals surface area contributed by atoms with E-state index < -0.39 is 0 Å². The fourth-order valence-electron chi connectivity index (χ4n) is 2.32. The van der Waals surface area contributed by atoms with Gasteiger partial charge in [-0.05, 0) is 28.9 Å². The van der Waals surface area contributed by atoms with Crippen molar-refractivity contribution < 1.29 is 0 Å². The van der Waals surface area contributed by atoms with E-state index in [9.17, 15) is 0 Å². The molecule has 0 aliphatic rings. The molecule has 0 unspecified atom stereocenters. The average Bonchev–Trinajstić information content (AvgIpc) is 2.90. The summed E-state index contributed by atoms with van der Waals surface area (Å²) in [5.74, 6) is 1.67. The maximum absolute atomic E-state index is 4.12. The molecule has 0 atom stereocenters. The van der Waals surface area contributed by atoms with Gasteiger partial charge >= 0.3 is 0 Å². The third-order valence-corrected chi connectivity index (χ3v) is 4.55. The second-order valence-electron chi connectivity index (χ2n) is 4.82. The van der Waals surface area contributed by atoms with Crippen molar-refractivity contribution in [2.45, 2.75) is 13.5 Å². The third-order valence-electron chi connectivity index (χ3n) is 3.67. The number of benzene rings is 1. The Balaban J connectivity index is 1.93. The van der Waals surface area contributed by atoms with Gasteiger partial charge in [-0.3, -0.25) is 0 Å². The molecule has 104 valence electrons. The van der Waals surface area contributed by atoms with Crippen LogP contribution in [0.1, 0.15) is 11.5 Å². The van der Waals surface area contributed by atoms with E-state index in [-0.39, 0.29) is 0 Å². The molecule has 1 aromatic carbocycles. The van der Waals surface area contributed by atoms with E-state index in [2.05, 4.69) is 67.3 Å². The standard InChI is InChI=1S/C14H16BrN5/c1-9-17-18-14(19(9)2)16-8-12-13(15)10-6-4-5-7-11(10)20(12)3/h4-7H,8H2,1-3H3,(H,16,18). The van der Waals surface area contributed by atoms with E-state index in [1.807, 2.05) is 18.5 Å². The fourth-order valence-corrected chi connectivity index (χ4v) is 3.06. The van der Waals surface area contributed by atoms with Crippen molar-refractivity contribution in [1.29, 1.82) is 0 Å². The van der Waals surface area contributed by atoms with Crippen LogP contribution in [-0.2, 0) is 20.6 Å². The minimum absolute atomic E-state index is 0.692. The Morgan fingerprint density at radius 1 is 1.15 bits per heavy atom. The van der Waals surface area contributed by atoms with E-state index in [4.69, 9.17) is 0 Å². The van der Waals surface area contributed by atoms with E-state index in [1.165, 1.54) is 16.6 Å². The van der Waals surface area contributed by atoms with E-state index in [0.717, 1.165) is 16.2 Å². The molecule has 0 saturated carbocycles. The highest BCUT2D eigenvalue weighted by molar-refractivity contribution is 9.10. The molecular weight excluding hydrogens is 318 g/mol. The smallest absolute Gasteiger partial charge is 0.224 e. The monoisotopic (exact) mass is 333 g/mol. The predicted molar refractivity (Wildman–Crippen MR) is 83.7 cm³/mol. The molecule has 1 N–H and O–H groups in total. The van der Waals surface area contributed by atoms with Crippen LogP contribution >= 0.6 is 15.9 Å². The SMILES string of the molecule is Cc1nnc(NCc2c(Br)c3ccccc3n2C)n1C. The van der Waals surface area contributed by atoms with Gasteiger partial charge in [0.2, 0.25) is 5.95 Å². The first-order valence-electron chi connectivity index (χ1n) is 6.41. The molecule has 0 saturated heterocycles. The Morgan fingerprint density at radius 2 is 1.90 bits per heavy atom. The Hall–Kier alpha value is -1.82. The molecule has 0 bridgehead atoms. The highest BCUT2D eigenvalue weighted by Crippen LogP contribution is 2.30. The third kappa shape index (κ3) is 2.00. The summed E-state index contributed by atoms with van der Waals surface area (Å²) in [6, 6.07) is 8.35. The first-order chi connectivity index (χ1) is 9.59. The second kappa shape index (κ2) is 4.94. The summed E-state index contributed by atoms with van der Waals surface area (Å²) in [5.41, 5.74) is 2.40. The lowest BCUT2D eigenvalue weighted by Gasteiger charge is -2.08. The number of aromatic nitrogens is 4. The van der Waals surface area contributed by atoms with Crippen LogP contribution in [0.15, 0.2) is 28.7 Å². The van der Waals surface area contributed by atoms with Crippen LogP contribution in [0.5, 0.6) is 0 Å². The van der Waals surface area contributed by atoms with Crippen molar-refractivity contribution in [2.24, 2.45) is 14.1 Å². The Labute approximate surface area is 125 Å². The normalized spacial score (nSPS) is 11.2. The van der Waals surface area contributed by atoms with Crippen molar-refractivity contribution in [1.82, 2.24) is 19.3 Å². The van der Waals surface area contributed by atoms with Crippen molar-refractivity contribution in [3.8, 4) is 0 Å². The summed E-state index contributed by atoms with van der Waals surface area (Å²) in [7, 11) is 4.03. The highest BCUT2D eigenvalue weighted by atomic mass is 79.9. The first-order valence-corrected chi connectivity index (χ1v) is 7.20. The summed E-state index contributed by atoms with van der Waals surface area (Å²) in [5, 5.41) is 12.7. The molecule has 0 aliphatic carbocycles. The second-order valence-corrected chi connectivity index (χ2v) is 5.61. The first kappa shape index (κ1) is 13.2. The molecule has 0 radical (unpaired) electrons. The lowest BCUT2D eigenvalue weighted by Crippen LogP contribution is -2.09. The molecule has 3 rings (SSSR count). The van der Waals surface area contributed by atoms with E-state index >= 15 is 0 Å². The van der Waals surface area contributed by atoms with E-state index in [0.29, 0.717) is 6.54 Å². The number of para-hydroxylation sites is 1. The van der Waals surface area contributed by atoms with E-state index in [1.54, 1.807) is 0 Å². The van der Waals surface area contributed by atoms with Gasteiger partial charge in [-0.25, -0.2) is 0 Å². The van der Waals surface area contributed by atoms with Crippen LogP contribution in [0, 0.1) is 6.92 Å². The van der Waals surface area contributed by atoms with Crippen LogP contribution in [0.2, 0.25) is 0 Å². The lowest BCUT2D eigenvalue weighted by atomic mass is 10.2. The molecule has 0 spiro atoms. The molecule has 6 heteroatoms. The summed E-state index contributed by atoms with van der Waals surface area (Å²) >= 11 is 3.70. The van der Waals surface area contributed by atoms with Gasteiger partial charge in [-0.1, -0.05) is 18.2 Å². The Kier molecular flexibility index (Phi) is 3.25. The number of aryl methyl sites for hydroxylation is 2. The molecule has 2 heterocycles. The number of rotatable bonds is 3. The zero-order chi connectivity index (χ0) is 14.3. The number of nitrogens with zero attached hydrogens (tertiary/aromatic N) is 4. The fraction of sp³-hybridized carbons (Fsp3) is 0.286. The highest BCUT2D eigenvalue weighted by Gasteiger charge is 2.13. The van der Waals surface area contributed by atoms with Crippen LogP contribution < -0.4 is 5.32 Å². The summed E-state index contributed by atoms with van der Waals surface area (Å²) < 4.78 is 5.26. The van der Waals surface area contributed by atoms with Crippen molar-refractivity contribution in [2.75, 3.05) is 5.32 Å². The molecular formula is C14H16BrN5. The number of halogens is 1. The summed E-state index contributed by atoms with van der Waals surface area (Å²) in [6.07, 6.45) is 0. The number of fused-ring (bicyclic) bond motifs is 1. The summed E-state index contributed by atoms with van der Waals surface area (Å²) in [4.78, 5) is 0. The minimum atomic E-state index is 0.692. The molecule has 5 nitrogen and oxygen atoms in total. The number of anilines is 1. The lowest BCUT2D eigenvalue weighted by molar-refractivity contribution is 0.828. The van der Waals surface area contributed by atoms with Gasteiger partial charge < -0.3 is 14.5 Å². The molecule has 2 aromatic heterocycles. The van der Waals surface area contributed by atoms with Gasteiger partial charge in [-0.15, -0.1) is 10.2 Å². The summed E-state index contributed by atoms with van der Waals surface area (Å²) in [6.45, 7) is 2.63. The Bertz CT molecular complexity index is 732. The number of nitrogens with one attached hydrogen (secondary N) is 1. The maximum Gasteiger partial charge on any atom is 0.224 e. The van der Waals surface area contributed by atoms with Gasteiger partial charge in [-0.2, -0.15) is 0 Å². The van der Waals surface area contributed by atoms with Crippen LogP contribution in [0.3, 0.4) is 0 Å². The van der Waals surface area contributed by atoms with Crippen molar-refractivity contribution in [3.63, 3.8) is 0 Å². The van der Waals surface area contributed by atoms with Gasteiger partial charge in [0.15, 0.2) is 0 Å². The molecule has 0 amide bonds. The molecule has 0 aliphatic heterocycles. The van der Waals surface area contributed by atoms with Gasteiger partial charge in [0, 0.05) is 29.5 Å². The average molecular weight is 334 g/mol. The van der Waals surface area contributed by atoms with Crippen LogP contribution in [0.25, 0.3) is 10.9 Å². The zero-order valence-electron chi connectivity index (χ0n) is 11.7. The zero-order valence-corrected chi connectivity index (χ0v) is 13.3.